The fourth-order valence-corrected chi connectivity index (χ4v) is 7.22. The molecular weight excluding hydrogens is 736 g/mol. The van der Waals surface area contributed by atoms with Gasteiger partial charge in [0.2, 0.25) is 0 Å². The van der Waals surface area contributed by atoms with Gasteiger partial charge in [0, 0.05) is 11.2 Å². The van der Waals surface area contributed by atoms with Crippen LogP contribution in [-0.2, 0) is 16.1 Å². The zero-order valence-corrected chi connectivity index (χ0v) is 28.7. The first-order chi connectivity index (χ1) is 21.2. The third-order valence-corrected chi connectivity index (χ3v) is 9.05. The minimum absolute atomic E-state index is 0.228. The number of nitrogens with zero attached hydrogens (tertiary/aromatic N) is 2. The van der Waals surface area contributed by atoms with Crippen LogP contribution in [0.25, 0.3) is 6.08 Å². The second kappa shape index (κ2) is 14.2. The average Bonchev–Trinajstić information content (AvgIpc) is 3.32. The first-order valence-electron chi connectivity index (χ1n) is 13.6. The van der Waals surface area contributed by atoms with Gasteiger partial charge >= 0.3 is 5.97 Å². The Kier molecular flexibility index (Phi) is 10.3. The van der Waals surface area contributed by atoms with Gasteiger partial charge in [-0.15, -0.1) is 0 Å². The maximum atomic E-state index is 13.9. The predicted octanol–water partition coefficient (Wildman–Crippen LogP) is 6.57. The first kappa shape index (κ1) is 32.0. The summed E-state index contributed by atoms with van der Waals surface area (Å²) in [6, 6.07) is 15.8. The van der Waals surface area contributed by atoms with E-state index < -0.39 is 12.0 Å². The Labute approximate surface area is 279 Å². The van der Waals surface area contributed by atoms with Gasteiger partial charge in [-0.25, -0.2) is 9.79 Å². The first-order valence-corrected chi connectivity index (χ1v) is 16.4. The molecule has 228 valence electrons. The molecule has 0 fully saturated rings. The number of carbonyl (C=O) groups is 1. The summed E-state index contributed by atoms with van der Waals surface area (Å²) in [6.45, 7) is 5.00. The van der Waals surface area contributed by atoms with Gasteiger partial charge in [-0.3, -0.25) is 9.36 Å². The Balaban J connectivity index is 1.54. The van der Waals surface area contributed by atoms with E-state index in [4.69, 9.17) is 30.5 Å². The van der Waals surface area contributed by atoms with Gasteiger partial charge < -0.3 is 18.9 Å². The Morgan fingerprint density at radius 3 is 2.34 bits per heavy atom. The second-order valence-corrected chi connectivity index (χ2v) is 12.6. The number of esters is 1. The van der Waals surface area contributed by atoms with Crippen LogP contribution in [0.4, 0.5) is 0 Å². The van der Waals surface area contributed by atoms with E-state index in [0.717, 1.165) is 11.1 Å². The summed E-state index contributed by atoms with van der Waals surface area (Å²) < 4.78 is 26.0. The summed E-state index contributed by atoms with van der Waals surface area (Å²) in [4.78, 5) is 31.7. The molecule has 1 atom stereocenters. The molecule has 0 bridgehead atoms. The maximum Gasteiger partial charge on any atom is 0.337 e. The SMILES string of the molecule is CCOc1ccc([C@H]2C(C(=O)OC)=CN=c3s/c(=C\c4cc(Br)c(OCc5ccc(Cl)cc5)c(Br)c4)c(=O)n32)cc1OCC. The van der Waals surface area contributed by atoms with Gasteiger partial charge in [0.15, 0.2) is 16.3 Å². The minimum atomic E-state index is -0.780. The lowest BCUT2D eigenvalue weighted by Crippen LogP contribution is -2.39. The zero-order chi connectivity index (χ0) is 31.4. The summed E-state index contributed by atoms with van der Waals surface area (Å²) in [5, 5.41) is 0.660. The Morgan fingerprint density at radius 1 is 1.00 bits per heavy atom. The fraction of sp³-hybridized carbons (Fsp3) is 0.219. The summed E-state index contributed by atoms with van der Waals surface area (Å²) in [5.74, 6) is 1.14. The monoisotopic (exact) mass is 760 g/mol. The lowest BCUT2D eigenvalue weighted by molar-refractivity contribution is -0.136. The molecule has 12 heteroatoms. The van der Waals surface area contributed by atoms with Crippen LogP contribution in [0.2, 0.25) is 5.02 Å². The number of carbonyl (C=O) groups excluding carboxylic acids is 1. The van der Waals surface area contributed by atoms with Gasteiger partial charge in [-0.05, 0) is 105 Å². The number of aromatic nitrogens is 1. The molecule has 0 amide bonds. The lowest BCUT2D eigenvalue weighted by Gasteiger charge is -2.23. The zero-order valence-electron chi connectivity index (χ0n) is 23.9. The molecule has 0 saturated heterocycles. The van der Waals surface area contributed by atoms with Crippen molar-refractivity contribution in [1.29, 1.82) is 0 Å². The van der Waals surface area contributed by atoms with Gasteiger partial charge in [-0.2, -0.15) is 0 Å². The lowest BCUT2D eigenvalue weighted by atomic mass is 9.97. The van der Waals surface area contributed by atoms with E-state index in [1.165, 1.54) is 29.2 Å². The van der Waals surface area contributed by atoms with E-state index in [2.05, 4.69) is 36.9 Å². The van der Waals surface area contributed by atoms with Crippen molar-refractivity contribution in [3.8, 4) is 17.2 Å². The summed E-state index contributed by atoms with van der Waals surface area (Å²) in [5.41, 5.74) is 2.32. The summed E-state index contributed by atoms with van der Waals surface area (Å²) in [6.07, 6.45) is 3.24. The van der Waals surface area contributed by atoms with Crippen LogP contribution in [0.5, 0.6) is 17.2 Å². The van der Waals surface area contributed by atoms with Crippen LogP contribution >= 0.6 is 54.8 Å². The molecule has 44 heavy (non-hydrogen) atoms. The molecule has 3 aromatic carbocycles. The predicted molar refractivity (Wildman–Crippen MR) is 178 cm³/mol. The highest BCUT2D eigenvalue weighted by molar-refractivity contribution is 9.11. The third kappa shape index (κ3) is 6.81. The smallest absolute Gasteiger partial charge is 0.337 e. The quantitative estimate of drug-likeness (QED) is 0.170. The highest BCUT2D eigenvalue weighted by Gasteiger charge is 2.31. The van der Waals surface area contributed by atoms with Crippen molar-refractivity contribution in [2.45, 2.75) is 26.5 Å². The highest BCUT2D eigenvalue weighted by atomic mass is 79.9. The van der Waals surface area contributed by atoms with E-state index in [9.17, 15) is 9.59 Å². The Morgan fingerprint density at radius 2 is 1.68 bits per heavy atom. The molecule has 0 N–H and O–H groups in total. The van der Waals surface area contributed by atoms with Crippen LogP contribution in [0.1, 0.15) is 36.6 Å². The molecule has 0 unspecified atom stereocenters. The van der Waals surface area contributed by atoms with Gasteiger partial charge in [0.05, 0.1) is 45.4 Å². The van der Waals surface area contributed by atoms with Crippen LogP contribution in [0.15, 0.2) is 85.1 Å². The number of hydrogen-bond acceptors (Lipinski definition) is 8. The van der Waals surface area contributed by atoms with Gasteiger partial charge in [0.1, 0.15) is 12.4 Å². The topological polar surface area (TPSA) is 88.4 Å². The molecule has 0 radical (unpaired) electrons. The minimum Gasteiger partial charge on any atom is -0.490 e. The van der Waals surface area contributed by atoms with Crippen molar-refractivity contribution in [2.24, 2.45) is 4.99 Å². The number of ether oxygens (including phenoxy) is 4. The average molecular weight is 763 g/mol. The van der Waals surface area contributed by atoms with Crippen molar-refractivity contribution in [3.05, 3.63) is 117 Å². The molecule has 1 aliphatic heterocycles. The molecule has 1 aromatic heterocycles. The highest BCUT2D eigenvalue weighted by Crippen LogP contribution is 2.37. The number of hydrogen-bond donors (Lipinski definition) is 0. The van der Waals surface area contributed by atoms with E-state index in [-0.39, 0.29) is 11.1 Å². The molecule has 8 nitrogen and oxygen atoms in total. The molecule has 0 aliphatic carbocycles. The number of benzene rings is 3. The molecule has 5 rings (SSSR count). The van der Waals surface area contributed by atoms with Crippen LogP contribution in [0.3, 0.4) is 0 Å². The number of rotatable bonds is 10. The van der Waals surface area contributed by atoms with Crippen molar-refractivity contribution in [2.75, 3.05) is 20.3 Å². The molecule has 0 saturated carbocycles. The van der Waals surface area contributed by atoms with Crippen molar-refractivity contribution >= 4 is 66.8 Å². The van der Waals surface area contributed by atoms with Crippen molar-refractivity contribution < 1.29 is 23.7 Å². The summed E-state index contributed by atoms with van der Waals surface area (Å²) >= 11 is 14.4. The number of fused-ring (bicyclic) bond motifs is 1. The second-order valence-electron chi connectivity index (χ2n) is 9.48. The number of thiazole rings is 1. The Hall–Kier alpha value is -3.38. The van der Waals surface area contributed by atoms with Crippen LogP contribution < -0.4 is 29.1 Å². The molecule has 2 heterocycles. The van der Waals surface area contributed by atoms with E-state index in [1.807, 2.05) is 56.3 Å². The molecule has 1 aliphatic rings. The van der Waals surface area contributed by atoms with Gasteiger partial charge in [-0.1, -0.05) is 41.1 Å². The fourth-order valence-electron chi connectivity index (χ4n) is 4.68. The number of methoxy groups -OCH3 is 1. The standard InChI is InChI=1S/C32H27Br2ClN2O6S/c1-4-41-25-11-8-20(15-26(25)42-5-2)28-22(31(39)40-3)16-36-32-37(28)30(38)27(44-32)14-19-12-23(33)29(24(34)13-19)43-17-18-6-9-21(35)10-7-18/h6-16,28H,4-5,17H2,1-3H3/b27-14-/t28-/m0/s1. The van der Waals surface area contributed by atoms with Crippen LogP contribution in [-0.4, -0.2) is 30.9 Å². The van der Waals surface area contributed by atoms with Crippen LogP contribution in [0, 0.1) is 0 Å². The van der Waals surface area contributed by atoms with Crippen molar-refractivity contribution in [1.82, 2.24) is 4.57 Å². The van der Waals surface area contributed by atoms with Gasteiger partial charge in [0.25, 0.3) is 5.56 Å². The summed E-state index contributed by atoms with van der Waals surface area (Å²) in [7, 11) is 1.30. The molecule has 4 aromatic rings. The normalized spacial score (nSPS) is 14.4. The largest absolute Gasteiger partial charge is 0.490 e. The molecular formula is C32H27Br2ClN2O6S. The molecule has 0 spiro atoms. The van der Waals surface area contributed by atoms with E-state index >= 15 is 0 Å². The third-order valence-electron chi connectivity index (χ3n) is 6.62. The van der Waals surface area contributed by atoms with E-state index in [0.29, 0.717) is 65.9 Å². The van der Waals surface area contributed by atoms with Crippen molar-refractivity contribution in [3.63, 3.8) is 0 Å². The number of halogens is 3. The maximum absolute atomic E-state index is 13.9. The Bertz CT molecular complexity index is 1900. The van der Waals surface area contributed by atoms with E-state index in [1.54, 1.807) is 18.2 Å².